The summed E-state index contributed by atoms with van der Waals surface area (Å²) in [6, 6.07) is 13.5. The second-order valence-electron chi connectivity index (χ2n) is 5.73. The van der Waals surface area contributed by atoms with E-state index in [2.05, 4.69) is 5.32 Å². The summed E-state index contributed by atoms with van der Waals surface area (Å²) in [6.45, 7) is 1.25. The molecular weight excluding hydrogens is 340 g/mol. The van der Waals surface area contributed by atoms with Gasteiger partial charge in [-0.05, 0) is 42.3 Å². The average Bonchev–Trinajstić information content (AvgIpc) is 3.06. The number of anilines is 1. The van der Waals surface area contributed by atoms with Gasteiger partial charge in [-0.2, -0.15) is 0 Å². The standard InChI is InChI=1S/C18H20N2O4S/c1-24-12-10-19-18(21)15-7-8-17-14(13-15)9-11-20(17)25(22,23)16-5-3-2-4-6-16/h2-8,13H,9-12H2,1H3,(H,19,21). The van der Waals surface area contributed by atoms with Crippen molar-refractivity contribution < 1.29 is 17.9 Å². The van der Waals surface area contributed by atoms with Gasteiger partial charge in [0.1, 0.15) is 0 Å². The molecule has 0 aromatic heterocycles. The molecule has 0 radical (unpaired) electrons. The number of carbonyl (C=O) groups excluding carboxylic acids is 1. The summed E-state index contributed by atoms with van der Waals surface area (Å²) in [7, 11) is -2.01. The van der Waals surface area contributed by atoms with E-state index in [1.54, 1.807) is 55.6 Å². The van der Waals surface area contributed by atoms with E-state index >= 15 is 0 Å². The molecule has 3 rings (SSSR count). The number of nitrogens with one attached hydrogen (secondary N) is 1. The second-order valence-corrected chi connectivity index (χ2v) is 7.59. The van der Waals surface area contributed by atoms with Gasteiger partial charge in [0, 0.05) is 25.8 Å². The van der Waals surface area contributed by atoms with Gasteiger partial charge in [0.2, 0.25) is 0 Å². The molecule has 0 atom stereocenters. The summed E-state index contributed by atoms with van der Waals surface area (Å²) >= 11 is 0. The van der Waals surface area contributed by atoms with E-state index < -0.39 is 10.0 Å². The van der Waals surface area contributed by atoms with Gasteiger partial charge >= 0.3 is 0 Å². The zero-order valence-corrected chi connectivity index (χ0v) is 14.8. The highest BCUT2D eigenvalue weighted by atomic mass is 32.2. The number of fused-ring (bicyclic) bond motifs is 1. The first-order chi connectivity index (χ1) is 12.0. The Morgan fingerprint density at radius 3 is 2.68 bits per heavy atom. The second kappa shape index (κ2) is 7.25. The summed E-state index contributed by atoms with van der Waals surface area (Å²) < 4.78 is 32.0. The van der Waals surface area contributed by atoms with Gasteiger partial charge in [-0.3, -0.25) is 9.10 Å². The molecule has 0 aliphatic carbocycles. The van der Waals surface area contributed by atoms with E-state index in [4.69, 9.17) is 4.74 Å². The maximum absolute atomic E-state index is 12.8. The summed E-state index contributed by atoms with van der Waals surface area (Å²) in [5.74, 6) is -0.191. The number of ether oxygens (including phenoxy) is 1. The van der Waals surface area contributed by atoms with E-state index in [-0.39, 0.29) is 10.8 Å². The third kappa shape index (κ3) is 3.52. The van der Waals surface area contributed by atoms with Gasteiger partial charge in [0.25, 0.3) is 15.9 Å². The first-order valence-corrected chi connectivity index (χ1v) is 9.46. The Balaban J connectivity index is 1.83. The fourth-order valence-electron chi connectivity index (χ4n) is 2.85. The summed E-state index contributed by atoms with van der Waals surface area (Å²) in [6.07, 6.45) is 0.584. The number of rotatable bonds is 6. The van der Waals surface area contributed by atoms with Gasteiger partial charge in [-0.1, -0.05) is 18.2 Å². The summed E-state index contributed by atoms with van der Waals surface area (Å²) in [5.41, 5.74) is 2.02. The third-order valence-electron chi connectivity index (χ3n) is 4.12. The molecule has 132 valence electrons. The van der Waals surface area contributed by atoms with Crippen LogP contribution in [-0.2, 0) is 21.2 Å². The van der Waals surface area contributed by atoms with Crippen molar-refractivity contribution in [3.8, 4) is 0 Å². The first-order valence-electron chi connectivity index (χ1n) is 8.02. The topological polar surface area (TPSA) is 75.7 Å². The predicted octanol–water partition coefficient (Wildman–Crippen LogP) is 1.81. The number of carbonyl (C=O) groups is 1. The Kier molecular flexibility index (Phi) is 5.06. The van der Waals surface area contributed by atoms with Crippen LogP contribution in [0.4, 0.5) is 5.69 Å². The van der Waals surface area contributed by atoms with Crippen LogP contribution in [0.3, 0.4) is 0 Å². The lowest BCUT2D eigenvalue weighted by molar-refractivity contribution is 0.0937. The van der Waals surface area contributed by atoms with Gasteiger partial charge < -0.3 is 10.1 Å². The maximum atomic E-state index is 12.8. The largest absolute Gasteiger partial charge is 0.383 e. The Bertz CT molecular complexity index is 866. The molecule has 1 amide bonds. The lowest BCUT2D eigenvalue weighted by Crippen LogP contribution is -2.29. The molecule has 1 heterocycles. The van der Waals surface area contributed by atoms with Crippen molar-refractivity contribution in [1.82, 2.24) is 5.32 Å². The highest BCUT2D eigenvalue weighted by Crippen LogP contribution is 2.33. The van der Waals surface area contributed by atoms with Crippen LogP contribution < -0.4 is 9.62 Å². The molecule has 0 unspecified atom stereocenters. The number of sulfonamides is 1. The fraction of sp³-hybridized carbons (Fsp3) is 0.278. The molecule has 2 aromatic rings. The Morgan fingerprint density at radius 2 is 1.96 bits per heavy atom. The van der Waals surface area contributed by atoms with Crippen LogP contribution in [-0.4, -0.2) is 41.1 Å². The molecule has 0 fully saturated rings. The zero-order valence-electron chi connectivity index (χ0n) is 13.9. The zero-order chi connectivity index (χ0) is 17.9. The quantitative estimate of drug-likeness (QED) is 0.797. The summed E-state index contributed by atoms with van der Waals surface area (Å²) in [5, 5.41) is 2.76. The Hall–Kier alpha value is -2.38. The van der Waals surface area contributed by atoms with E-state index in [1.165, 1.54) is 4.31 Å². The minimum atomic E-state index is -3.59. The van der Waals surface area contributed by atoms with E-state index in [1.807, 2.05) is 0 Å². The molecule has 0 saturated carbocycles. The SMILES string of the molecule is COCCNC(=O)c1ccc2c(c1)CCN2S(=O)(=O)c1ccccc1. The number of methoxy groups -OCH3 is 1. The van der Waals surface area contributed by atoms with Crippen LogP contribution in [0, 0.1) is 0 Å². The predicted molar refractivity (Wildman–Crippen MR) is 95.3 cm³/mol. The Labute approximate surface area is 147 Å². The first kappa shape index (κ1) is 17.4. The highest BCUT2D eigenvalue weighted by Gasteiger charge is 2.31. The van der Waals surface area contributed by atoms with Gasteiger partial charge in [-0.25, -0.2) is 8.42 Å². The minimum Gasteiger partial charge on any atom is -0.383 e. The summed E-state index contributed by atoms with van der Waals surface area (Å²) in [4.78, 5) is 12.4. The van der Waals surface area contributed by atoms with Crippen molar-refractivity contribution in [2.45, 2.75) is 11.3 Å². The van der Waals surface area contributed by atoms with Crippen molar-refractivity contribution in [3.63, 3.8) is 0 Å². The van der Waals surface area contributed by atoms with Crippen LogP contribution in [0.5, 0.6) is 0 Å². The molecule has 0 spiro atoms. The molecule has 25 heavy (non-hydrogen) atoms. The molecule has 0 saturated heterocycles. The van der Waals surface area contributed by atoms with Crippen molar-refractivity contribution in [3.05, 3.63) is 59.7 Å². The lowest BCUT2D eigenvalue weighted by atomic mass is 10.1. The molecule has 0 bridgehead atoms. The number of hydrogen-bond donors (Lipinski definition) is 1. The van der Waals surface area contributed by atoms with Crippen LogP contribution in [0.15, 0.2) is 53.4 Å². The molecular formula is C18H20N2O4S. The van der Waals surface area contributed by atoms with E-state index in [9.17, 15) is 13.2 Å². The van der Waals surface area contributed by atoms with Gasteiger partial charge in [-0.15, -0.1) is 0 Å². The smallest absolute Gasteiger partial charge is 0.264 e. The number of amides is 1. The molecule has 1 aliphatic rings. The van der Waals surface area contributed by atoms with Crippen LogP contribution in [0.1, 0.15) is 15.9 Å². The maximum Gasteiger partial charge on any atom is 0.264 e. The van der Waals surface area contributed by atoms with Crippen LogP contribution in [0.2, 0.25) is 0 Å². The minimum absolute atomic E-state index is 0.191. The highest BCUT2D eigenvalue weighted by molar-refractivity contribution is 7.92. The van der Waals surface area contributed by atoms with Crippen LogP contribution in [0.25, 0.3) is 0 Å². The number of hydrogen-bond acceptors (Lipinski definition) is 4. The van der Waals surface area contributed by atoms with Crippen molar-refractivity contribution >= 4 is 21.6 Å². The van der Waals surface area contributed by atoms with E-state index in [0.717, 1.165) is 5.56 Å². The molecule has 7 heteroatoms. The van der Waals surface area contributed by atoms with Crippen LogP contribution >= 0.6 is 0 Å². The molecule has 1 N–H and O–H groups in total. The van der Waals surface area contributed by atoms with Crippen molar-refractivity contribution in [1.29, 1.82) is 0 Å². The fourth-order valence-corrected chi connectivity index (χ4v) is 4.38. The normalized spacial score (nSPS) is 13.6. The Morgan fingerprint density at radius 1 is 1.20 bits per heavy atom. The number of benzene rings is 2. The van der Waals surface area contributed by atoms with E-state index in [0.29, 0.717) is 37.4 Å². The van der Waals surface area contributed by atoms with Crippen molar-refractivity contribution in [2.75, 3.05) is 31.1 Å². The molecule has 1 aliphatic heterocycles. The lowest BCUT2D eigenvalue weighted by Gasteiger charge is -2.19. The van der Waals surface area contributed by atoms with Gasteiger partial charge in [0.05, 0.1) is 17.2 Å². The number of nitrogens with zero attached hydrogens (tertiary/aromatic N) is 1. The monoisotopic (exact) mass is 360 g/mol. The average molecular weight is 360 g/mol. The molecule has 2 aromatic carbocycles. The third-order valence-corrected chi connectivity index (χ3v) is 5.94. The van der Waals surface area contributed by atoms with Crippen molar-refractivity contribution in [2.24, 2.45) is 0 Å². The molecule has 6 nitrogen and oxygen atoms in total. The van der Waals surface area contributed by atoms with Gasteiger partial charge in [0.15, 0.2) is 0 Å².